The quantitative estimate of drug-likeness (QED) is 0.607. The van der Waals surface area contributed by atoms with Gasteiger partial charge >= 0.3 is 5.97 Å². The second-order valence-corrected chi connectivity index (χ2v) is 4.02. The molecule has 4 nitrogen and oxygen atoms in total. The van der Waals surface area contributed by atoms with Gasteiger partial charge in [-0.3, -0.25) is 5.32 Å². The standard InChI is InChI=1S/C10H14N2O2S/c1-4-5-12-10(2,9(13)14-3)8-11-6-7-15-8/h4,6-7,12H,1,5H2,2-3H3. The van der Waals surface area contributed by atoms with Gasteiger partial charge in [-0.15, -0.1) is 17.9 Å². The van der Waals surface area contributed by atoms with E-state index in [4.69, 9.17) is 4.74 Å². The summed E-state index contributed by atoms with van der Waals surface area (Å²) in [6, 6.07) is 0. The van der Waals surface area contributed by atoms with Crippen molar-refractivity contribution in [2.45, 2.75) is 12.5 Å². The SMILES string of the molecule is C=CCNC(C)(C(=O)OC)c1nccs1. The van der Waals surface area contributed by atoms with Crippen molar-refractivity contribution in [3.05, 3.63) is 29.2 Å². The Balaban J connectivity index is 2.95. The van der Waals surface area contributed by atoms with Gasteiger partial charge in [0.1, 0.15) is 5.01 Å². The molecule has 82 valence electrons. The lowest BCUT2D eigenvalue weighted by Crippen LogP contribution is -2.47. The predicted molar refractivity (Wildman–Crippen MR) is 59.7 cm³/mol. The molecule has 0 amide bonds. The van der Waals surface area contributed by atoms with Gasteiger partial charge in [0.2, 0.25) is 0 Å². The van der Waals surface area contributed by atoms with Gasteiger partial charge in [0.15, 0.2) is 5.54 Å². The fourth-order valence-corrected chi connectivity index (χ4v) is 1.95. The van der Waals surface area contributed by atoms with E-state index in [9.17, 15) is 4.79 Å². The molecule has 0 saturated carbocycles. The van der Waals surface area contributed by atoms with Crippen LogP contribution in [0.25, 0.3) is 0 Å². The lowest BCUT2D eigenvalue weighted by Gasteiger charge is -2.25. The molecule has 1 atom stereocenters. The molecule has 0 aliphatic rings. The second-order valence-electron chi connectivity index (χ2n) is 3.12. The maximum atomic E-state index is 11.7. The van der Waals surface area contributed by atoms with Crippen molar-refractivity contribution in [1.82, 2.24) is 10.3 Å². The van der Waals surface area contributed by atoms with E-state index < -0.39 is 5.54 Å². The summed E-state index contributed by atoms with van der Waals surface area (Å²) in [5.74, 6) is -0.348. The van der Waals surface area contributed by atoms with Gasteiger partial charge in [0.25, 0.3) is 0 Å². The number of carbonyl (C=O) groups is 1. The smallest absolute Gasteiger partial charge is 0.332 e. The van der Waals surface area contributed by atoms with Crippen LogP contribution < -0.4 is 5.32 Å². The zero-order valence-electron chi connectivity index (χ0n) is 8.82. The molecule has 5 heteroatoms. The topological polar surface area (TPSA) is 51.2 Å². The van der Waals surface area contributed by atoms with Crippen LogP contribution in [0.3, 0.4) is 0 Å². The number of rotatable bonds is 5. The highest BCUT2D eigenvalue weighted by Gasteiger charge is 2.38. The number of carbonyl (C=O) groups excluding carboxylic acids is 1. The molecule has 1 N–H and O–H groups in total. The highest BCUT2D eigenvalue weighted by Crippen LogP contribution is 2.24. The first-order chi connectivity index (χ1) is 7.15. The molecule has 0 radical (unpaired) electrons. The third kappa shape index (κ3) is 2.43. The largest absolute Gasteiger partial charge is 0.467 e. The van der Waals surface area contributed by atoms with Gasteiger partial charge in [-0.2, -0.15) is 0 Å². The van der Waals surface area contributed by atoms with Crippen molar-refractivity contribution in [1.29, 1.82) is 0 Å². The average molecular weight is 226 g/mol. The van der Waals surface area contributed by atoms with Crippen LogP contribution in [0.15, 0.2) is 24.2 Å². The third-order valence-electron chi connectivity index (χ3n) is 2.05. The number of nitrogens with zero attached hydrogens (tertiary/aromatic N) is 1. The first-order valence-electron chi connectivity index (χ1n) is 4.49. The Kier molecular flexibility index (Phi) is 3.99. The molecular formula is C10H14N2O2S. The van der Waals surface area contributed by atoms with Crippen molar-refractivity contribution in [2.75, 3.05) is 13.7 Å². The summed E-state index contributed by atoms with van der Waals surface area (Å²) in [4.78, 5) is 15.8. The van der Waals surface area contributed by atoms with Crippen molar-refractivity contribution >= 4 is 17.3 Å². The minimum Gasteiger partial charge on any atom is -0.467 e. The third-order valence-corrected chi connectivity index (χ3v) is 3.05. The van der Waals surface area contributed by atoms with E-state index in [0.29, 0.717) is 11.6 Å². The fourth-order valence-electron chi connectivity index (χ4n) is 1.19. The van der Waals surface area contributed by atoms with E-state index in [0.717, 1.165) is 0 Å². The van der Waals surface area contributed by atoms with Crippen molar-refractivity contribution in [3.8, 4) is 0 Å². The summed E-state index contributed by atoms with van der Waals surface area (Å²) in [5, 5.41) is 5.57. The number of nitrogens with one attached hydrogen (secondary N) is 1. The summed E-state index contributed by atoms with van der Waals surface area (Å²) in [5.41, 5.74) is -0.892. The van der Waals surface area contributed by atoms with E-state index in [-0.39, 0.29) is 5.97 Å². The van der Waals surface area contributed by atoms with Gasteiger partial charge in [0.05, 0.1) is 7.11 Å². The first kappa shape index (κ1) is 11.9. The molecular weight excluding hydrogens is 212 g/mol. The molecule has 0 fully saturated rings. The Morgan fingerprint density at radius 2 is 2.60 bits per heavy atom. The van der Waals surface area contributed by atoms with Gasteiger partial charge < -0.3 is 4.74 Å². The molecule has 0 bridgehead atoms. The number of methoxy groups -OCH3 is 1. The summed E-state index contributed by atoms with van der Waals surface area (Å²) in [6.07, 6.45) is 3.35. The molecule has 0 saturated heterocycles. The van der Waals surface area contributed by atoms with E-state index >= 15 is 0 Å². The lowest BCUT2D eigenvalue weighted by atomic mass is 10.0. The molecule has 0 spiro atoms. The summed E-state index contributed by atoms with van der Waals surface area (Å²) in [7, 11) is 1.36. The number of ether oxygens (including phenoxy) is 1. The van der Waals surface area contributed by atoms with Crippen LogP contribution >= 0.6 is 11.3 Å². The van der Waals surface area contributed by atoms with Crippen LogP contribution in [0.4, 0.5) is 0 Å². The maximum Gasteiger partial charge on any atom is 0.332 e. The summed E-state index contributed by atoms with van der Waals surface area (Å²) >= 11 is 1.42. The maximum absolute atomic E-state index is 11.7. The Hall–Kier alpha value is -1.20. The molecule has 1 heterocycles. The predicted octanol–water partition coefficient (Wildman–Crippen LogP) is 1.31. The van der Waals surface area contributed by atoms with E-state index in [2.05, 4.69) is 16.9 Å². The van der Waals surface area contributed by atoms with Crippen molar-refractivity contribution < 1.29 is 9.53 Å². The number of aromatic nitrogens is 1. The Bertz CT molecular complexity index is 337. The normalized spacial score (nSPS) is 14.3. The highest BCUT2D eigenvalue weighted by atomic mass is 32.1. The second kappa shape index (κ2) is 5.04. The number of esters is 1. The molecule has 1 aromatic heterocycles. The van der Waals surface area contributed by atoms with Gasteiger partial charge in [-0.05, 0) is 6.92 Å². The van der Waals surface area contributed by atoms with Crippen LogP contribution in [0.5, 0.6) is 0 Å². The van der Waals surface area contributed by atoms with Crippen LogP contribution in [0, 0.1) is 0 Å². The fraction of sp³-hybridized carbons (Fsp3) is 0.400. The minimum atomic E-state index is -0.892. The molecule has 1 aromatic rings. The Morgan fingerprint density at radius 3 is 3.07 bits per heavy atom. The first-order valence-corrected chi connectivity index (χ1v) is 5.37. The monoisotopic (exact) mass is 226 g/mol. The zero-order chi connectivity index (χ0) is 11.3. The Labute approximate surface area is 93.0 Å². The van der Waals surface area contributed by atoms with Crippen LogP contribution in [-0.4, -0.2) is 24.6 Å². The van der Waals surface area contributed by atoms with Crippen molar-refractivity contribution in [2.24, 2.45) is 0 Å². The summed E-state index contributed by atoms with van der Waals surface area (Å²) < 4.78 is 4.77. The summed E-state index contributed by atoms with van der Waals surface area (Å²) in [6.45, 7) is 5.87. The molecule has 0 aliphatic carbocycles. The minimum absolute atomic E-state index is 0.348. The molecule has 15 heavy (non-hydrogen) atoms. The molecule has 1 unspecified atom stereocenters. The van der Waals surface area contributed by atoms with Gasteiger partial charge in [0, 0.05) is 18.1 Å². The lowest BCUT2D eigenvalue weighted by molar-refractivity contribution is -0.148. The van der Waals surface area contributed by atoms with Crippen LogP contribution in [0.1, 0.15) is 11.9 Å². The molecule has 0 aromatic carbocycles. The number of hydrogen-bond donors (Lipinski definition) is 1. The van der Waals surface area contributed by atoms with Crippen LogP contribution in [0.2, 0.25) is 0 Å². The molecule has 1 rings (SSSR count). The molecule has 0 aliphatic heterocycles. The average Bonchev–Trinajstić information content (AvgIpc) is 2.78. The number of thiazole rings is 1. The highest BCUT2D eigenvalue weighted by molar-refractivity contribution is 7.09. The Morgan fingerprint density at radius 1 is 1.87 bits per heavy atom. The van der Waals surface area contributed by atoms with Crippen LogP contribution in [-0.2, 0) is 15.1 Å². The zero-order valence-corrected chi connectivity index (χ0v) is 9.63. The van der Waals surface area contributed by atoms with E-state index in [1.54, 1.807) is 19.2 Å². The van der Waals surface area contributed by atoms with E-state index in [1.807, 2.05) is 5.38 Å². The van der Waals surface area contributed by atoms with Gasteiger partial charge in [-0.1, -0.05) is 6.08 Å². The van der Waals surface area contributed by atoms with Crippen molar-refractivity contribution in [3.63, 3.8) is 0 Å². The number of hydrogen-bond acceptors (Lipinski definition) is 5. The van der Waals surface area contributed by atoms with E-state index in [1.165, 1.54) is 18.4 Å². The van der Waals surface area contributed by atoms with Gasteiger partial charge in [-0.25, -0.2) is 9.78 Å².